The van der Waals surface area contributed by atoms with E-state index in [9.17, 15) is 4.79 Å². The molecule has 0 atom stereocenters. The van der Waals surface area contributed by atoms with Crippen LogP contribution < -0.4 is 5.43 Å². The van der Waals surface area contributed by atoms with E-state index in [1.54, 1.807) is 6.07 Å². The highest BCUT2D eigenvalue weighted by molar-refractivity contribution is 9.10. The van der Waals surface area contributed by atoms with E-state index >= 15 is 0 Å². The lowest BCUT2D eigenvalue weighted by Gasteiger charge is -2.04. The fourth-order valence-electron chi connectivity index (χ4n) is 1.63. The first-order valence-electron chi connectivity index (χ1n) is 4.38. The Kier molecular flexibility index (Phi) is 2.19. The van der Waals surface area contributed by atoms with Crippen LogP contribution in [0, 0.1) is 13.8 Å². The van der Waals surface area contributed by atoms with Crippen molar-refractivity contribution in [3.63, 3.8) is 0 Å². The minimum Gasteiger partial charge on any atom is -0.358 e. The van der Waals surface area contributed by atoms with Crippen LogP contribution in [0.5, 0.6) is 0 Å². The number of pyridine rings is 1. The third-order valence-corrected chi connectivity index (χ3v) is 3.18. The molecule has 0 aliphatic heterocycles. The van der Waals surface area contributed by atoms with Crippen molar-refractivity contribution in [2.45, 2.75) is 13.8 Å². The Hall–Kier alpha value is -1.09. The fraction of sp³-hybridized carbons (Fsp3) is 0.182. The first-order valence-corrected chi connectivity index (χ1v) is 5.17. The summed E-state index contributed by atoms with van der Waals surface area (Å²) in [5, 5.41) is 0.768. The number of halogens is 1. The minimum absolute atomic E-state index is 0.0788. The molecule has 1 aromatic heterocycles. The molecule has 0 radical (unpaired) electrons. The Morgan fingerprint density at radius 1 is 1.29 bits per heavy atom. The van der Waals surface area contributed by atoms with Gasteiger partial charge in [0.2, 0.25) is 0 Å². The Balaban J connectivity index is 3.03. The molecule has 14 heavy (non-hydrogen) atoms. The highest BCUT2D eigenvalue weighted by Gasteiger charge is 2.05. The average molecular weight is 252 g/mol. The van der Waals surface area contributed by atoms with Gasteiger partial charge in [-0.25, -0.2) is 0 Å². The van der Waals surface area contributed by atoms with Gasteiger partial charge in [-0.2, -0.15) is 0 Å². The van der Waals surface area contributed by atoms with Crippen LogP contribution in [0.25, 0.3) is 10.9 Å². The van der Waals surface area contributed by atoms with Crippen LogP contribution in [0.4, 0.5) is 0 Å². The van der Waals surface area contributed by atoms with E-state index in [1.165, 1.54) is 0 Å². The molecule has 1 heterocycles. The molecule has 0 unspecified atom stereocenters. The van der Waals surface area contributed by atoms with Gasteiger partial charge in [0.1, 0.15) is 0 Å². The molecule has 2 nitrogen and oxygen atoms in total. The van der Waals surface area contributed by atoms with Crippen LogP contribution in [-0.4, -0.2) is 4.98 Å². The number of nitrogens with one attached hydrogen (secondary N) is 1. The molecule has 2 aromatic rings. The predicted octanol–water partition coefficient (Wildman–Crippen LogP) is 2.91. The molecule has 0 saturated carbocycles. The standard InChI is InChI=1S/C11H10BrNO/c1-6-5-10(14)11-7(2)8(12)3-4-9(11)13-6/h3-5H,1-2H3,(H,13,14). The van der Waals surface area contributed by atoms with Crippen molar-refractivity contribution < 1.29 is 0 Å². The summed E-state index contributed by atoms with van der Waals surface area (Å²) in [6, 6.07) is 5.50. The Morgan fingerprint density at radius 3 is 2.71 bits per heavy atom. The number of hydrogen-bond acceptors (Lipinski definition) is 1. The van der Waals surface area contributed by atoms with Crippen LogP contribution >= 0.6 is 15.9 Å². The topological polar surface area (TPSA) is 32.9 Å². The fourth-order valence-corrected chi connectivity index (χ4v) is 1.96. The monoisotopic (exact) mass is 251 g/mol. The summed E-state index contributed by atoms with van der Waals surface area (Å²) in [6.07, 6.45) is 0. The minimum atomic E-state index is 0.0788. The van der Waals surface area contributed by atoms with Crippen LogP contribution in [0.15, 0.2) is 27.5 Å². The van der Waals surface area contributed by atoms with Gasteiger partial charge < -0.3 is 4.98 Å². The molecule has 0 saturated heterocycles. The largest absolute Gasteiger partial charge is 0.358 e. The van der Waals surface area contributed by atoms with Crippen LogP contribution in [-0.2, 0) is 0 Å². The Bertz CT molecular complexity index is 557. The van der Waals surface area contributed by atoms with E-state index in [2.05, 4.69) is 20.9 Å². The number of aromatic nitrogens is 1. The molecule has 3 heteroatoms. The molecule has 72 valence electrons. The second-order valence-corrected chi connectivity index (χ2v) is 4.27. The van der Waals surface area contributed by atoms with Gasteiger partial charge in [-0.15, -0.1) is 0 Å². The smallest absolute Gasteiger partial charge is 0.189 e. The second kappa shape index (κ2) is 3.24. The number of aromatic amines is 1. The highest BCUT2D eigenvalue weighted by Crippen LogP contribution is 2.22. The Morgan fingerprint density at radius 2 is 2.00 bits per heavy atom. The SMILES string of the molecule is Cc1cc(=O)c2c(C)c(Br)ccc2[nH]1. The molecule has 0 aliphatic rings. The van der Waals surface area contributed by atoms with E-state index < -0.39 is 0 Å². The zero-order valence-electron chi connectivity index (χ0n) is 8.02. The van der Waals surface area contributed by atoms with E-state index in [0.717, 1.165) is 26.6 Å². The molecular weight excluding hydrogens is 242 g/mol. The maximum absolute atomic E-state index is 11.7. The second-order valence-electron chi connectivity index (χ2n) is 3.41. The molecular formula is C11H10BrNO. The van der Waals surface area contributed by atoms with Gasteiger partial charge in [-0.1, -0.05) is 15.9 Å². The number of benzene rings is 1. The summed E-state index contributed by atoms with van der Waals surface area (Å²) >= 11 is 3.42. The van der Waals surface area contributed by atoms with Crippen molar-refractivity contribution in [3.8, 4) is 0 Å². The van der Waals surface area contributed by atoms with Gasteiger partial charge in [-0.3, -0.25) is 4.79 Å². The number of H-pyrrole nitrogens is 1. The zero-order valence-corrected chi connectivity index (χ0v) is 9.60. The summed E-state index contributed by atoms with van der Waals surface area (Å²) in [6.45, 7) is 3.83. The average Bonchev–Trinajstić information content (AvgIpc) is 2.10. The van der Waals surface area contributed by atoms with E-state index in [4.69, 9.17) is 0 Å². The van der Waals surface area contributed by atoms with Gasteiger partial charge in [-0.05, 0) is 31.5 Å². The third-order valence-electron chi connectivity index (χ3n) is 2.32. The van der Waals surface area contributed by atoms with Crippen molar-refractivity contribution in [2.75, 3.05) is 0 Å². The normalized spacial score (nSPS) is 10.8. The lowest BCUT2D eigenvalue weighted by atomic mass is 10.1. The predicted molar refractivity (Wildman–Crippen MR) is 61.7 cm³/mol. The first kappa shape index (κ1) is 9.46. The molecule has 2 rings (SSSR count). The number of aryl methyl sites for hydroxylation is 2. The van der Waals surface area contributed by atoms with Crippen molar-refractivity contribution in [1.82, 2.24) is 4.98 Å². The van der Waals surface area contributed by atoms with E-state index in [1.807, 2.05) is 26.0 Å². The molecule has 1 aromatic carbocycles. The van der Waals surface area contributed by atoms with Gasteiger partial charge in [0.05, 0.1) is 0 Å². The molecule has 1 N–H and O–H groups in total. The summed E-state index contributed by atoms with van der Waals surface area (Å²) in [4.78, 5) is 14.9. The van der Waals surface area contributed by atoms with Crippen LogP contribution in [0.2, 0.25) is 0 Å². The third kappa shape index (κ3) is 1.38. The summed E-state index contributed by atoms with van der Waals surface area (Å²) in [7, 11) is 0. The summed E-state index contributed by atoms with van der Waals surface area (Å²) in [5.41, 5.74) is 2.86. The lowest BCUT2D eigenvalue weighted by molar-refractivity contribution is 1.23. The van der Waals surface area contributed by atoms with E-state index in [-0.39, 0.29) is 5.43 Å². The van der Waals surface area contributed by atoms with Crippen LogP contribution in [0.3, 0.4) is 0 Å². The van der Waals surface area contributed by atoms with Gasteiger partial charge in [0.25, 0.3) is 0 Å². The van der Waals surface area contributed by atoms with Crippen LogP contribution in [0.1, 0.15) is 11.3 Å². The van der Waals surface area contributed by atoms with Gasteiger partial charge in [0, 0.05) is 27.1 Å². The molecule has 0 aliphatic carbocycles. The maximum Gasteiger partial charge on any atom is 0.189 e. The summed E-state index contributed by atoms with van der Waals surface area (Å²) in [5.74, 6) is 0. The van der Waals surface area contributed by atoms with Gasteiger partial charge in [0.15, 0.2) is 5.43 Å². The van der Waals surface area contributed by atoms with Crippen molar-refractivity contribution in [2.24, 2.45) is 0 Å². The first-order chi connectivity index (χ1) is 6.59. The molecule has 0 amide bonds. The quantitative estimate of drug-likeness (QED) is 0.768. The number of rotatable bonds is 0. The lowest BCUT2D eigenvalue weighted by Crippen LogP contribution is -2.04. The number of fused-ring (bicyclic) bond motifs is 1. The maximum atomic E-state index is 11.7. The highest BCUT2D eigenvalue weighted by atomic mass is 79.9. The zero-order chi connectivity index (χ0) is 10.3. The van der Waals surface area contributed by atoms with E-state index in [0.29, 0.717) is 0 Å². The molecule has 0 bridgehead atoms. The summed E-state index contributed by atoms with van der Waals surface area (Å²) < 4.78 is 0.972. The van der Waals surface area contributed by atoms with Crippen molar-refractivity contribution in [3.05, 3.63) is 44.2 Å². The van der Waals surface area contributed by atoms with Gasteiger partial charge >= 0.3 is 0 Å². The van der Waals surface area contributed by atoms with Crippen molar-refractivity contribution in [1.29, 1.82) is 0 Å². The molecule has 0 fully saturated rings. The molecule has 0 spiro atoms. The Labute approximate surface area is 90.1 Å². The van der Waals surface area contributed by atoms with Crippen molar-refractivity contribution >= 4 is 26.8 Å². The number of hydrogen-bond donors (Lipinski definition) is 1.